The van der Waals surface area contributed by atoms with Crippen molar-refractivity contribution < 1.29 is 9.59 Å². The third-order valence-electron chi connectivity index (χ3n) is 2.88. The molecule has 0 aliphatic carbocycles. The van der Waals surface area contributed by atoms with Crippen molar-refractivity contribution in [3.8, 4) is 0 Å². The highest BCUT2D eigenvalue weighted by Crippen LogP contribution is 2.15. The molecule has 1 aliphatic heterocycles. The summed E-state index contributed by atoms with van der Waals surface area (Å²) in [5.74, 6) is -0.402. The monoisotopic (exact) mass is 266 g/mol. The van der Waals surface area contributed by atoms with E-state index in [-0.39, 0.29) is 18.2 Å². The highest BCUT2D eigenvalue weighted by atomic mass is 35.5. The molecule has 1 heterocycles. The van der Waals surface area contributed by atoms with Crippen LogP contribution in [0.5, 0.6) is 0 Å². The zero-order chi connectivity index (χ0) is 13.0. The maximum atomic E-state index is 11.8. The number of likely N-dealkylation sites (tertiary alicyclic amines) is 1. The zero-order valence-electron chi connectivity index (χ0n) is 9.99. The summed E-state index contributed by atoms with van der Waals surface area (Å²) in [4.78, 5) is 25.2. The van der Waals surface area contributed by atoms with Crippen LogP contribution in [0.4, 0.5) is 5.69 Å². The second kappa shape index (κ2) is 5.87. The second-order valence-corrected chi connectivity index (χ2v) is 4.76. The molecule has 96 valence electrons. The third-order valence-corrected chi connectivity index (χ3v) is 3.11. The van der Waals surface area contributed by atoms with Gasteiger partial charge in [0, 0.05) is 23.8 Å². The van der Waals surface area contributed by atoms with Gasteiger partial charge in [0.05, 0.1) is 0 Å². The lowest BCUT2D eigenvalue weighted by Crippen LogP contribution is -2.31. The number of nitrogens with one attached hydrogen (secondary N) is 1. The first kappa shape index (κ1) is 12.9. The molecular formula is C13H15ClN2O2. The largest absolute Gasteiger partial charge is 0.342 e. The summed E-state index contributed by atoms with van der Waals surface area (Å²) in [5.41, 5.74) is 0.613. The van der Waals surface area contributed by atoms with E-state index >= 15 is 0 Å². The van der Waals surface area contributed by atoms with Crippen molar-refractivity contribution in [1.82, 2.24) is 4.90 Å². The Kier molecular flexibility index (Phi) is 4.20. The first-order valence-corrected chi connectivity index (χ1v) is 6.36. The van der Waals surface area contributed by atoms with Gasteiger partial charge in [-0.2, -0.15) is 0 Å². The fraction of sp³-hybridized carbons (Fsp3) is 0.385. The Morgan fingerprint density at radius 1 is 1.28 bits per heavy atom. The molecular weight excluding hydrogens is 252 g/mol. The molecule has 0 aromatic heterocycles. The van der Waals surface area contributed by atoms with Crippen LogP contribution in [0.25, 0.3) is 0 Å². The van der Waals surface area contributed by atoms with Gasteiger partial charge in [0.2, 0.25) is 11.8 Å². The Hall–Kier alpha value is -1.55. The molecule has 0 unspecified atom stereocenters. The number of anilines is 1. The maximum Gasteiger partial charge on any atom is 0.233 e. The summed E-state index contributed by atoms with van der Waals surface area (Å²) in [5, 5.41) is 3.22. The minimum atomic E-state index is -0.297. The molecule has 5 heteroatoms. The number of hydrogen-bond acceptors (Lipinski definition) is 2. The summed E-state index contributed by atoms with van der Waals surface area (Å²) in [6, 6.07) is 6.87. The van der Waals surface area contributed by atoms with E-state index in [1.807, 2.05) is 0 Å². The molecule has 1 aromatic carbocycles. The van der Waals surface area contributed by atoms with Crippen LogP contribution >= 0.6 is 11.6 Å². The average molecular weight is 267 g/mol. The number of halogens is 1. The molecule has 1 aromatic rings. The van der Waals surface area contributed by atoms with Gasteiger partial charge in [-0.25, -0.2) is 0 Å². The number of amides is 2. The van der Waals surface area contributed by atoms with Gasteiger partial charge in [-0.05, 0) is 31.0 Å². The van der Waals surface area contributed by atoms with Crippen molar-refractivity contribution in [2.24, 2.45) is 0 Å². The Bertz CT molecular complexity index is 456. The van der Waals surface area contributed by atoms with E-state index in [0.717, 1.165) is 25.9 Å². The molecule has 18 heavy (non-hydrogen) atoms. The molecule has 0 radical (unpaired) electrons. The Morgan fingerprint density at radius 2 is 2.00 bits per heavy atom. The number of carbonyl (C=O) groups is 2. The molecule has 1 saturated heterocycles. The Balaban J connectivity index is 1.86. The highest BCUT2D eigenvalue weighted by molar-refractivity contribution is 6.30. The molecule has 0 spiro atoms. The van der Waals surface area contributed by atoms with Crippen molar-refractivity contribution in [2.75, 3.05) is 18.4 Å². The average Bonchev–Trinajstić information content (AvgIpc) is 2.81. The van der Waals surface area contributed by atoms with Gasteiger partial charge in [0.15, 0.2) is 0 Å². The van der Waals surface area contributed by atoms with E-state index in [0.29, 0.717) is 10.7 Å². The van der Waals surface area contributed by atoms with Gasteiger partial charge < -0.3 is 10.2 Å². The lowest BCUT2D eigenvalue weighted by atomic mass is 10.3. The Labute approximate surface area is 111 Å². The first-order valence-electron chi connectivity index (χ1n) is 5.98. The number of rotatable bonds is 3. The van der Waals surface area contributed by atoms with Crippen molar-refractivity contribution >= 4 is 29.1 Å². The summed E-state index contributed by atoms with van der Waals surface area (Å²) in [6.45, 7) is 1.53. The van der Waals surface area contributed by atoms with Crippen LogP contribution in [-0.4, -0.2) is 29.8 Å². The minimum Gasteiger partial charge on any atom is -0.342 e. The van der Waals surface area contributed by atoms with E-state index < -0.39 is 0 Å². The number of carbonyl (C=O) groups excluding carboxylic acids is 2. The van der Waals surface area contributed by atoms with E-state index in [9.17, 15) is 9.59 Å². The van der Waals surface area contributed by atoms with Gasteiger partial charge >= 0.3 is 0 Å². The van der Waals surface area contributed by atoms with Crippen molar-refractivity contribution in [2.45, 2.75) is 19.3 Å². The number of benzene rings is 1. The predicted molar refractivity (Wildman–Crippen MR) is 70.5 cm³/mol. The van der Waals surface area contributed by atoms with Gasteiger partial charge in [-0.3, -0.25) is 9.59 Å². The second-order valence-electron chi connectivity index (χ2n) is 4.32. The predicted octanol–water partition coefficient (Wildman–Crippen LogP) is 2.29. The van der Waals surface area contributed by atoms with Crippen molar-refractivity contribution in [3.63, 3.8) is 0 Å². The summed E-state index contributed by atoms with van der Waals surface area (Å²) in [7, 11) is 0. The molecule has 0 bridgehead atoms. The molecule has 0 saturated carbocycles. The maximum absolute atomic E-state index is 11.8. The standard InChI is InChI=1S/C13H15ClN2O2/c14-10-4-3-5-11(8-10)15-12(17)9-13(18)16-6-1-2-7-16/h3-5,8H,1-2,6-7,9H2,(H,15,17). The molecule has 4 nitrogen and oxygen atoms in total. The van der Waals surface area contributed by atoms with Gasteiger partial charge in [0.1, 0.15) is 6.42 Å². The molecule has 2 rings (SSSR count). The highest BCUT2D eigenvalue weighted by Gasteiger charge is 2.20. The lowest BCUT2D eigenvalue weighted by molar-refractivity contribution is -0.133. The van der Waals surface area contributed by atoms with E-state index in [1.54, 1.807) is 29.2 Å². The lowest BCUT2D eigenvalue weighted by Gasteiger charge is -2.14. The van der Waals surface area contributed by atoms with Crippen molar-refractivity contribution in [1.29, 1.82) is 0 Å². The van der Waals surface area contributed by atoms with E-state index in [1.165, 1.54) is 0 Å². The van der Waals surface area contributed by atoms with Gasteiger partial charge in [-0.15, -0.1) is 0 Å². The molecule has 1 fully saturated rings. The minimum absolute atomic E-state index is 0.105. The van der Waals surface area contributed by atoms with Crippen LogP contribution in [0.2, 0.25) is 5.02 Å². The SMILES string of the molecule is O=C(CC(=O)N1CCCC1)Nc1cccc(Cl)c1. The molecule has 0 atom stereocenters. The van der Waals surface area contributed by atoms with E-state index in [2.05, 4.69) is 5.32 Å². The van der Waals surface area contributed by atoms with Gasteiger partial charge in [-0.1, -0.05) is 17.7 Å². The van der Waals surface area contributed by atoms with Gasteiger partial charge in [0.25, 0.3) is 0 Å². The summed E-state index contributed by atoms with van der Waals surface area (Å²) < 4.78 is 0. The fourth-order valence-electron chi connectivity index (χ4n) is 1.99. The summed E-state index contributed by atoms with van der Waals surface area (Å²) in [6.07, 6.45) is 1.95. The van der Waals surface area contributed by atoms with Crippen LogP contribution < -0.4 is 5.32 Å². The van der Waals surface area contributed by atoms with Crippen LogP contribution in [0.15, 0.2) is 24.3 Å². The van der Waals surface area contributed by atoms with Crippen LogP contribution in [0.3, 0.4) is 0 Å². The fourth-order valence-corrected chi connectivity index (χ4v) is 2.18. The van der Waals surface area contributed by atoms with Crippen LogP contribution in [-0.2, 0) is 9.59 Å². The van der Waals surface area contributed by atoms with Crippen LogP contribution in [0.1, 0.15) is 19.3 Å². The molecule has 1 N–H and O–H groups in total. The number of hydrogen-bond donors (Lipinski definition) is 1. The topological polar surface area (TPSA) is 49.4 Å². The molecule has 1 aliphatic rings. The Morgan fingerprint density at radius 3 is 2.67 bits per heavy atom. The zero-order valence-corrected chi connectivity index (χ0v) is 10.7. The third kappa shape index (κ3) is 3.47. The van der Waals surface area contributed by atoms with Crippen molar-refractivity contribution in [3.05, 3.63) is 29.3 Å². The number of nitrogens with zero attached hydrogens (tertiary/aromatic N) is 1. The smallest absolute Gasteiger partial charge is 0.233 e. The summed E-state index contributed by atoms with van der Waals surface area (Å²) >= 11 is 5.81. The normalized spacial score (nSPS) is 14.6. The van der Waals surface area contributed by atoms with E-state index in [4.69, 9.17) is 11.6 Å². The van der Waals surface area contributed by atoms with Crippen LogP contribution in [0, 0.1) is 0 Å². The first-order chi connectivity index (χ1) is 8.65. The molecule has 2 amide bonds. The quantitative estimate of drug-likeness (QED) is 0.854.